The molecule has 2 aromatic heterocycles. The number of thioether (sulfide) groups is 1. The van der Waals surface area contributed by atoms with E-state index in [0.717, 1.165) is 27.3 Å². The zero-order chi connectivity index (χ0) is 18.6. The summed E-state index contributed by atoms with van der Waals surface area (Å²) >= 11 is 7.45. The highest BCUT2D eigenvalue weighted by molar-refractivity contribution is 7.98. The van der Waals surface area contributed by atoms with Gasteiger partial charge in [0.05, 0.1) is 17.3 Å². The maximum atomic E-state index is 5.90. The highest BCUT2D eigenvalue weighted by Gasteiger charge is 2.17. The van der Waals surface area contributed by atoms with Crippen molar-refractivity contribution in [1.82, 2.24) is 19.7 Å². The fraction of sp³-hybridized carbons (Fsp3) is 0.0526. The number of fused-ring (bicyclic) bond motifs is 1. The molecule has 0 aliphatic carbocycles. The normalized spacial score (nSPS) is 11.3. The minimum Gasteiger partial charge on any atom is -0.261 e. The van der Waals surface area contributed by atoms with Gasteiger partial charge in [-0.2, -0.15) is 10.2 Å². The highest BCUT2D eigenvalue weighted by Crippen LogP contribution is 2.31. The molecule has 0 saturated heterocycles. The third-order valence-electron chi connectivity index (χ3n) is 3.88. The van der Waals surface area contributed by atoms with E-state index in [2.05, 4.69) is 25.6 Å². The van der Waals surface area contributed by atoms with Gasteiger partial charge in [0.1, 0.15) is 11.4 Å². The molecule has 0 bridgehead atoms. The number of rotatable bonds is 5. The van der Waals surface area contributed by atoms with E-state index in [0.29, 0.717) is 10.8 Å². The quantitative estimate of drug-likeness (QED) is 0.303. The molecule has 0 unspecified atom stereocenters. The minimum absolute atomic E-state index is 0.608. The molecule has 0 spiro atoms. The molecule has 134 valence electrons. The Morgan fingerprint density at radius 3 is 2.59 bits per heavy atom. The summed E-state index contributed by atoms with van der Waals surface area (Å²) in [5, 5.41) is 11.3. The summed E-state index contributed by atoms with van der Waals surface area (Å²) in [4.78, 5) is 8.78. The maximum absolute atomic E-state index is 5.90. The summed E-state index contributed by atoms with van der Waals surface area (Å²) in [6.45, 7) is 0. The minimum atomic E-state index is 0.608. The Kier molecular flexibility index (Phi) is 5.04. The second-order valence-electron chi connectivity index (χ2n) is 5.60. The Labute approximate surface area is 165 Å². The predicted molar refractivity (Wildman–Crippen MR) is 111 cm³/mol. The van der Waals surface area contributed by atoms with Crippen LogP contribution in [-0.2, 0) is 0 Å². The number of anilines is 1. The lowest BCUT2D eigenvalue weighted by atomic mass is 10.2. The molecule has 0 atom stereocenters. The molecule has 2 heterocycles. The lowest BCUT2D eigenvalue weighted by molar-refractivity contribution is 0.852. The Morgan fingerprint density at radius 1 is 1.07 bits per heavy atom. The Hall–Kier alpha value is -2.90. The first-order valence-electron chi connectivity index (χ1n) is 8.14. The van der Waals surface area contributed by atoms with Crippen LogP contribution in [0.4, 0.5) is 5.82 Å². The number of nitrogens with one attached hydrogen (secondary N) is 1. The number of hydrazone groups is 1. The Balaban J connectivity index is 1.71. The van der Waals surface area contributed by atoms with Crippen LogP contribution in [0, 0.1) is 0 Å². The van der Waals surface area contributed by atoms with Crippen LogP contribution < -0.4 is 5.43 Å². The van der Waals surface area contributed by atoms with Crippen LogP contribution in [0.3, 0.4) is 0 Å². The van der Waals surface area contributed by atoms with Crippen LogP contribution in [-0.4, -0.2) is 32.2 Å². The molecule has 8 heteroatoms. The van der Waals surface area contributed by atoms with Crippen molar-refractivity contribution in [3.05, 3.63) is 71.5 Å². The largest absolute Gasteiger partial charge is 0.261 e. The SMILES string of the molecule is CSc1nn(-c2ccccc2)c2ncnc(N/N=C/c3ccc(Cl)cc3)c12. The summed E-state index contributed by atoms with van der Waals surface area (Å²) in [5.41, 5.74) is 5.61. The zero-order valence-electron chi connectivity index (χ0n) is 14.4. The number of aromatic nitrogens is 4. The topological polar surface area (TPSA) is 68.0 Å². The van der Waals surface area contributed by atoms with Crippen molar-refractivity contribution < 1.29 is 0 Å². The molecule has 27 heavy (non-hydrogen) atoms. The molecule has 0 aliphatic heterocycles. The van der Waals surface area contributed by atoms with Crippen LogP contribution in [0.2, 0.25) is 5.02 Å². The summed E-state index contributed by atoms with van der Waals surface area (Å²) in [5.74, 6) is 0.608. The molecule has 1 N–H and O–H groups in total. The monoisotopic (exact) mass is 394 g/mol. The lowest BCUT2D eigenvalue weighted by Gasteiger charge is -2.03. The number of hydrogen-bond acceptors (Lipinski definition) is 6. The molecule has 0 saturated carbocycles. The Morgan fingerprint density at radius 2 is 1.85 bits per heavy atom. The van der Waals surface area contributed by atoms with Gasteiger partial charge in [-0.3, -0.25) is 5.43 Å². The van der Waals surface area contributed by atoms with Crippen LogP contribution in [0.1, 0.15) is 5.56 Å². The summed E-state index contributed by atoms with van der Waals surface area (Å²) in [6.07, 6.45) is 5.20. The lowest BCUT2D eigenvalue weighted by Crippen LogP contribution is -1.99. The second kappa shape index (κ2) is 7.77. The third-order valence-corrected chi connectivity index (χ3v) is 4.81. The highest BCUT2D eigenvalue weighted by atomic mass is 35.5. The van der Waals surface area contributed by atoms with Gasteiger partial charge in [0.25, 0.3) is 0 Å². The van der Waals surface area contributed by atoms with E-state index in [9.17, 15) is 0 Å². The predicted octanol–water partition coefficient (Wildman–Crippen LogP) is 4.64. The van der Waals surface area contributed by atoms with Crippen LogP contribution in [0.25, 0.3) is 16.7 Å². The molecule has 0 aliphatic rings. The van der Waals surface area contributed by atoms with Crippen molar-refractivity contribution in [3.63, 3.8) is 0 Å². The summed E-state index contributed by atoms with van der Waals surface area (Å²) in [6, 6.07) is 17.3. The van der Waals surface area contributed by atoms with Crippen molar-refractivity contribution in [2.24, 2.45) is 5.10 Å². The number of hydrogen-bond donors (Lipinski definition) is 1. The average Bonchev–Trinajstić information content (AvgIpc) is 3.10. The summed E-state index contributed by atoms with van der Waals surface area (Å²) in [7, 11) is 0. The van der Waals surface area contributed by atoms with Gasteiger partial charge < -0.3 is 0 Å². The van der Waals surface area contributed by atoms with Gasteiger partial charge >= 0.3 is 0 Å². The molecular weight excluding hydrogens is 380 g/mol. The van der Waals surface area contributed by atoms with Crippen molar-refractivity contribution >= 4 is 46.4 Å². The van der Waals surface area contributed by atoms with Gasteiger partial charge in [-0.25, -0.2) is 14.6 Å². The van der Waals surface area contributed by atoms with Gasteiger partial charge in [-0.05, 0) is 36.1 Å². The van der Waals surface area contributed by atoms with Gasteiger partial charge in [0, 0.05) is 5.02 Å². The van der Waals surface area contributed by atoms with E-state index >= 15 is 0 Å². The van der Waals surface area contributed by atoms with Gasteiger partial charge in [0.15, 0.2) is 11.5 Å². The average molecular weight is 395 g/mol. The fourth-order valence-corrected chi connectivity index (χ4v) is 3.30. The number of benzene rings is 2. The van der Waals surface area contributed by atoms with E-state index in [1.165, 1.54) is 6.33 Å². The first-order chi connectivity index (χ1) is 13.3. The molecule has 0 radical (unpaired) electrons. The van der Waals surface area contributed by atoms with Crippen LogP contribution in [0.15, 0.2) is 71.1 Å². The van der Waals surface area contributed by atoms with Crippen LogP contribution >= 0.6 is 23.4 Å². The molecule has 0 amide bonds. The molecule has 2 aromatic carbocycles. The van der Waals surface area contributed by atoms with Crippen molar-refractivity contribution in [1.29, 1.82) is 0 Å². The first-order valence-corrected chi connectivity index (χ1v) is 9.74. The van der Waals surface area contributed by atoms with E-state index in [-0.39, 0.29) is 0 Å². The van der Waals surface area contributed by atoms with Gasteiger partial charge in [-0.15, -0.1) is 11.8 Å². The van der Waals surface area contributed by atoms with E-state index in [1.807, 2.05) is 65.5 Å². The zero-order valence-corrected chi connectivity index (χ0v) is 15.9. The number of nitrogens with zero attached hydrogens (tertiary/aromatic N) is 5. The van der Waals surface area contributed by atoms with Crippen molar-refractivity contribution in [3.8, 4) is 5.69 Å². The molecule has 4 rings (SSSR count). The fourth-order valence-electron chi connectivity index (χ4n) is 2.62. The number of halogens is 1. The maximum Gasteiger partial charge on any atom is 0.169 e. The van der Waals surface area contributed by atoms with Crippen LogP contribution in [0.5, 0.6) is 0 Å². The van der Waals surface area contributed by atoms with E-state index < -0.39 is 0 Å². The van der Waals surface area contributed by atoms with E-state index in [4.69, 9.17) is 11.6 Å². The molecule has 0 fully saturated rings. The van der Waals surface area contributed by atoms with E-state index in [1.54, 1.807) is 18.0 Å². The van der Waals surface area contributed by atoms with Crippen molar-refractivity contribution in [2.75, 3.05) is 11.7 Å². The molecular formula is C19H15ClN6S. The third kappa shape index (κ3) is 3.65. The van der Waals surface area contributed by atoms with Gasteiger partial charge in [0.2, 0.25) is 0 Å². The van der Waals surface area contributed by atoms with Crippen molar-refractivity contribution in [2.45, 2.75) is 5.03 Å². The second-order valence-corrected chi connectivity index (χ2v) is 6.83. The number of para-hydroxylation sites is 1. The molecule has 4 aromatic rings. The molecule has 6 nitrogen and oxygen atoms in total. The Bertz CT molecular complexity index is 1090. The smallest absolute Gasteiger partial charge is 0.169 e. The standard InChI is InChI=1S/C19H15ClN6S/c1-27-19-16-17(24-23-11-13-7-9-14(20)10-8-13)21-12-22-18(16)26(25-19)15-5-3-2-4-6-15/h2-12H,1H3,(H,21,22,24)/b23-11+. The summed E-state index contributed by atoms with van der Waals surface area (Å²) < 4.78 is 1.82. The first kappa shape index (κ1) is 17.5. The van der Waals surface area contributed by atoms with Gasteiger partial charge in [-0.1, -0.05) is 41.9 Å².